The van der Waals surface area contributed by atoms with Gasteiger partial charge in [-0.15, -0.1) is 0 Å². The van der Waals surface area contributed by atoms with Crippen molar-refractivity contribution in [2.24, 2.45) is 0 Å². The standard InChI is InChI=1S/C33H36N6O8/c1-3-46-31(43)21(2)35-32(44)39(19-28-36-25-11-7-8-12-26(25)37-28)18-22-13-15-24(16-14-22)29(40)34-17-27(30(41)42)38-33(45)47-20-23-9-5-4-6-10-23/h4-16,21,27H,3,17-20H2,1-2H3,(H,34,40)(H,35,44)(H,36,37)(H,38,45)(H,41,42). The summed E-state index contributed by atoms with van der Waals surface area (Å²) in [5, 5.41) is 16.9. The Kier molecular flexibility index (Phi) is 11.9. The predicted molar refractivity (Wildman–Crippen MR) is 170 cm³/mol. The van der Waals surface area contributed by atoms with Crippen molar-refractivity contribution in [2.45, 2.75) is 45.6 Å². The van der Waals surface area contributed by atoms with E-state index in [9.17, 15) is 29.1 Å². The van der Waals surface area contributed by atoms with E-state index in [0.717, 1.165) is 16.6 Å². The number of benzene rings is 3. The number of fused-ring (bicyclic) bond motifs is 1. The van der Waals surface area contributed by atoms with Crippen LogP contribution in [0.25, 0.3) is 11.0 Å². The Hall–Kier alpha value is -5.92. The van der Waals surface area contributed by atoms with Crippen LogP contribution < -0.4 is 16.0 Å². The predicted octanol–water partition coefficient (Wildman–Crippen LogP) is 3.34. The lowest BCUT2D eigenvalue weighted by atomic mass is 10.1. The molecular weight excluding hydrogens is 608 g/mol. The van der Waals surface area contributed by atoms with Gasteiger partial charge in [-0.2, -0.15) is 0 Å². The number of nitrogens with zero attached hydrogens (tertiary/aromatic N) is 2. The molecule has 47 heavy (non-hydrogen) atoms. The second-order valence-corrected chi connectivity index (χ2v) is 10.5. The first kappa shape index (κ1) is 34.0. The summed E-state index contributed by atoms with van der Waals surface area (Å²) in [5.74, 6) is -1.95. The number of carbonyl (C=O) groups is 5. The number of aliphatic carboxylic acids is 1. The summed E-state index contributed by atoms with van der Waals surface area (Å²) in [5.41, 5.74) is 3.18. The molecule has 0 aliphatic heterocycles. The summed E-state index contributed by atoms with van der Waals surface area (Å²) in [7, 11) is 0. The van der Waals surface area contributed by atoms with Crippen molar-refractivity contribution < 1.29 is 38.6 Å². The fraction of sp³-hybridized carbons (Fsp3) is 0.273. The molecule has 2 atom stereocenters. The number of carbonyl (C=O) groups excluding carboxylic acids is 4. The molecule has 0 saturated carbocycles. The third kappa shape index (κ3) is 10.0. The van der Waals surface area contributed by atoms with Crippen molar-refractivity contribution >= 4 is 41.0 Å². The van der Waals surface area contributed by atoms with Crippen LogP contribution in [0.15, 0.2) is 78.9 Å². The fourth-order valence-electron chi connectivity index (χ4n) is 4.45. The van der Waals surface area contributed by atoms with Crippen LogP contribution in [0.1, 0.15) is 41.2 Å². The first-order valence-corrected chi connectivity index (χ1v) is 14.9. The number of hydrogen-bond acceptors (Lipinski definition) is 8. The smallest absolute Gasteiger partial charge is 0.408 e. The van der Waals surface area contributed by atoms with E-state index in [2.05, 4.69) is 25.9 Å². The Morgan fingerprint density at radius 2 is 1.57 bits per heavy atom. The zero-order valence-corrected chi connectivity index (χ0v) is 25.9. The van der Waals surface area contributed by atoms with Gasteiger partial charge in [-0.05, 0) is 49.2 Å². The summed E-state index contributed by atoms with van der Waals surface area (Å²) in [6, 6.07) is 19.8. The lowest BCUT2D eigenvalue weighted by molar-refractivity contribution is -0.145. The molecule has 14 nitrogen and oxygen atoms in total. The van der Waals surface area contributed by atoms with Crippen molar-refractivity contribution in [3.05, 3.63) is 101 Å². The van der Waals surface area contributed by atoms with E-state index in [1.165, 1.54) is 24.0 Å². The topological polar surface area (TPSA) is 192 Å². The van der Waals surface area contributed by atoms with Gasteiger partial charge in [-0.1, -0.05) is 54.6 Å². The van der Waals surface area contributed by atoms with Gasteiger partial charge in [0, 0.05) is 18.7 Å². The fourth-order valence-corrected chi connectivity index (χ4v) is 4.45. The lowest BCUT2D eigenvalue weighted by Gasteiger charge is -2.24. The van der Waals surface area contributed by atoms with Crippen LogP contribution in [0.3, 0.4) is 0 Å². The van der Waals surface area contributed by atoms with Gasteiger partial charge in [0.2, 0.25) is 0 Å². The number of nitrogens with one attached hydrogen (secondary N) is 4. The molecule has 3 aromatic carbocycles. The van der Waals surface area contributed by atoms with Gasteiger partial charge >= 0.3 is 24.1 Å². The van der Waals surface area contributed by atoms with Crippen LogP contribution in [0.4, 0.5) is 9.59 Å². The molecule has 0 spiro atoms. The van der Waals surface area contributed by atoms with Gasteiger partial charge in [0.15, 0.2) is 0 Å². The number of aromatic amines is 1. The average molecular weight is 645 g/mol. The number of alkyl carbamates (subject to hydrolysis) is 1. The van der Waals surface area contributed by atoms with E-state index in [4.69, 9.17) is 9.47 Å². The third-order valence-corrected chi connectivity index (χ3v) is 6.91. The van der Waals surface area contributed by atoms with Gasteiger partial charge in [0.05, 0.1) is 24.2 Å². The lowest BCUT2D eigenvalue weighted by Crippen LogP contribution is -2.48. The highest BCUT2D eigenvalue weighted by Gasteiger charge is 2.24. The summed E-state index contributed by atoms with van der Waals surface area (Å²) in [6.07, 6.45) is -0.937. The first-order chi connectivity index (χ1) is 22.6. The van der Waals surface area contributed by atoms with E-state index in [-0.39, 0.29) is 38.4 Å². The summed E-state index contributed by atoms with van der Waals surface area (Å²) in [6.45, 7) is 3.15. The van der Waals surface area contributed by atoms with E-state index < -0.39 is 42.1 Å². The Morgan fingerprint density at radius 1 is 0.872 bits per heavy atom. The second kappa shape index (κ2) is 16.4. The molecule has 0 fully saturated rings. The molecule has 0 bridgehead atoms. The number of carboxylic acids is 1. The van der Waals surface area contributed by atoms with Gasteiger partial charge < -0.3 is 40.4 Å². The summed E-state index contributed by atoms with van der Waals surface area (Å²) in [4.78, 5) is 71.2. The number of rotatable bonds is 14. The molecule has 0 aliphatic rings. The van der Waals surface area contributed by atoms with E-state index >= 15 is 0 Å². The van der Waals surface area contributed by atoms with E-state index in [1.54, 1.807) is 43.3 Å². The zero-order valence-electron chi connectivity index (χ0n) is 25.9. The van der Waals surface area contributed by atoms with Gasteiger partial charge in [-0.25, -0.2) is 24.2 Å². The van der Waals surface area contributed by atoms with E-state index in [0.29, 0.717) is 11.4 Å². The number of aromatic nitrogens is 2. The highest BCUT2D eigenvalue weighted by atomic mass is 16.5. The Bertz CT molecular complexity index is 1660. The quantitative estimate of drug-likeness (QED) is 0.128. The monoisotopic (exact) mass is 644 g/mol. The highest BCUT2D eigenvalue weighted by Crippen LogP contribution is 2.15. The molecule has 246 valence electrons. The number of esters is 1. The number of ether oxygens (including phenoxy) is 2. The minimum atomic E-state index is -1.43. The van der Waals surface area contributed by atoms with Crippen LogP contribution >= 0.6 is 0 Å². The number of amides is 4. The molecule has 5 N–H and O–H groups in total. The van der Waals surface area contributed by atoms with Crippen molar-refractivity contribution in [1.82, 2.24) is 30.8 Å². The Labute approximate surface area is 270 Å². The SMILES string of the molecule is CCOC(=O)C(C)NC(=O)N(Cc1ccc(C(=O)NCC(NC(=O)OCc2ccccc2)C(=O)O)cc1)Cc1nc2ccccc2[nH]1. The maximum absolute atomic E-state index is 13.3. The molecule has 4 rings (SSSR count). The zero-order chi connectivity index (χ0) is 33.8. The van der Waals surface area contributed by atoms with Crippen LogP contribution in [0.5, 0.6) is 0 Å². The maximum Gasteiger partial charge on any atom is 0.408 e. The molecule has 1 aromatic heterocycles. The van der Waals surface area contributed by atoms with Crippen molar-refractivity contribution in [1.29, 1.82) is 0 Å². The number of imidazole rings is 1. The van der Waals surface area contributed by atoms with Crippen molar-refractivity contribution in [3.8, 4) is 0 Å². The average Bonchev–Trinajstić information content (AvgIpc) is 3.48. The molecule has 1 heterocycles. The summed E-state index contributed by atoms with van der Waals surface area (Å²) >= 11 is 0. The Balaban J connectivity index is 1.37. The number of hydrogen-bond donors (Lipinski definition) is 5. The normalized spacial score (nSPS) is 12.0. The third-order valence-electron chi connectivity index (χ3n) is 6.91. The Morgan fingerprint density at radius 3 is 2.26 bits per heavy atom. The van der Waals surface area contributed by atoms with Crippen LogP contribution in [-0.4, -0.2) is 75.2 Å². The van der Waals surface area contributed by atoms with Crippen molar-refractivity contribution in [3.63, 3.8) is 0 Å². The number of urea groups is 1. The molecular formula is C33H36N6O8. The van der Waals surface area contributed by atoms with Crippen LogP contribution in [0.2, 0.25) is 0 Å². The van der Waals surface area contributed by atoms with E-state index in [1.807, 2.05) is 30.3 Å². The molecule has 0 radical (unpaired) electrons. The minimum absolute atomic E-state index is 0.0422. The number of carboxylic acid groups (broad SMARTS) is 1. The maximum atomic E-state index is 13.3. The molecule has 0 saturated heterocycles. The van der Waals surface area contributed by atoms with Crippen molar-refractivity contribution in [2.75, 3.05) is 13.2 Å². The van der Waals surface area contributed by atoms with Crippen LogP contribution in [0, 0.1) is 0 Å². The van der Waals surface area contributed by atoms with Crippen LogP contribution in [-0.2, 0) is 38.8 Å². The van der Waals surface area contributed by atoms with Gasteiger partial charge in [-0.3, -0.25) is 4.79 Å². The number of para-hydroxylation sites is 2. The minimum Gasteiger partial charge on any atom is -0.480 e. The van der Waals surface area contributed by atoms with Gasteiger partial charge in [0.1, 0.15) is 24.5 Å². The largest absolute Gasteiger partial charge is 0.480 e. The molecule has 2 unspecified atom stereocenters. The number of H-pyrrole nitrogens is 1. The highest BCUT2D eigenvalue weighted by molar-refractivity contribution is 5.94. The first-order valence-electron chi connectivity index (χ1n) is 14.9. The molecule has 4 amide bonds. The summed E-state index contributed by atoms with van der Waals surface area (Å²) < 4.78 is 10.1. The molecule has 0 aliphatic carbocycles. The second-order valence-electron chi connectivity index (χ2n) is 10.5. The molecule has 4 aromatic rings. The molecule has 14 heteroatoms. The van der Waals surface area contributed by atoms with Gasteiger partial charge in [0.25, 0.3) is 5.91 Å².